The van der Waals surface area contributed by atoms with Crippen molar-refractivity contribution in [3.05, 3.63) is 58.1 Å². The number of carbonyl (C=O) groups excluding carboxylic acids is 4. The van der Waals surface area contributed by atoms with Crippen molar-refractivity contribution < 1.29 is 33.4 Å². The standard InChI is InChI=1S/C19H14O7/c1-9(20)26-18-14-12(8-13(17(18)24-2)19(23)25-3)15(21)10-6-4-5-7-11(10)16(14)22/h4-8H,1-3H3. The van der Waals surface area contributed by atoms with Gasteiger partial charge in [0.05, 0.1) is 19.8 Å². The molecule has 0 spiro atoms. The summed E-state index contributed by atoms with van der Waals surface area (Å²) in [6.07, 6.45) is 0. The van der Waals surface area contributed by atoms with Crippen LogP contribution in [0, 0.1) is 0 Å². The maximum absolute atomic E-state index is 13.0. The van der Waals surface area contributed by atoms with Crippen LogP contribution in [0.5, 0.6) is 11.5 Å². The average Bonchev–Trinajstić information content (AvgIpc) is 2.64. The molecular formula is C19H14O7. The SMILES string of the molecule is COC(=O)c1cc2c(c(OC(C)=O)c1OC)C(=O)c1ccccc1C2=O. The largest absolute Gasteiger partial charge is 0.492 e. The highest BCUT2D eigenvalue weighted by Crippen LogP contribution is 2.42. The van der Waals surface area contributed by atoms with Crippen LogP contribution in [-0.4, -0.2) is 37.7 Å². The molecule has 2 aromatic carbocycles. The van der Waals surface area contributed by atoms with Gasteiger partial charge in [0.1, 0.15) is 5.56 Å². The van der Waals surface area contributed by atoms with Crippen molar-refractivity contribution in [1.29, 1.82) is 0 Å². The Hall–Kier alpha value is -3.48. The average molecular weight is 354 g/mol. The summed E-state index contributed by atoms with van der Waals surface area (Å²) < 4.78 is 15.1. The lowest BCUT2D eigenvalue weighted by Crippen LogP contribution is -2.24. The van der Waals surface area contributed by atoms with Gasteiger partial charge in [-0.3, -0.25) is 14.4 Å². The van der Waals surface area contributed by atoms with E-state index in [0.29, 0.717) is 0 Å². The third-order valence-electron chi connectivity index (χ3n) is 3.98. The fourth-order valence-electron chi connectivity index (χ4n) is 2.91. The summed E-state index contributed by atoms with van der Waals surface area (Å²) in [5, 5.41) is 0. The molecule has 1 aliphatic rings. The van der Waals surface area contributed by atoms with Crippen LogP contribution in [0.25, 0.3) is 0 Å². The summed E-state index contributed by atoms with van der Waals surface area (Å²) >= 11 is 0. The van der Waals surface area contributed by atoms with Gasteiger partial charge in [0.2, 0.25) is 0 Å². The third-order valence-corrected chi connectivity index (χ3v) is 3.98. The van der Waals surface area contributed by atoms with E-state index in [2.05, 4.69) is 0 Å². The predicted octanol–water partition coefficient (Wildman–Crippen LogP) is 2.18. The van der Waals surface area contributed by atoms with Crippen LogP contribution in [-0.2, 0) is 9.53 Å². The van der Waals surface area contributed by atoms with E-state index in [4.69, 9.17) is 14.2 Å². The Morgan fingerprint density at radius 1 is 0.885 bits per heavy atom. The summed E-state index contributed by atoms with van der Waals surface area (Å²) in [5.74, 6) is -2.90. The molecule has 1 aliphatic carbocycles. The number of carbonyl (C=O) groups is 4. The molecule has 7 heteroatoms. The second kappa shape index (κ2) is 6.44. The smallest absolute Gasteiger partial charge is 0.341 e. The van der Waals surface area contributed by atoms with Crippen molar-refractivity contribution in [3.63, 3.8) is 0 Å². The third kappa shape index (κ3) is 2.54. The number of ketones is 2. The molecule has 0 saturated heterocycles. The maximum Gasteiger partial charge on any atom is 0.341 e. The van der Waals surface area contributed by atoms with E-state index < -0.39 is 23.5 Å². The Kier molecular flexibility index (Phi) is 4.29. The Bertz CT molecular complexity index is 972. The minimum Gasteiger partial charge on any atom is -0.492 e. The molecule has 0 aromatic heterocycles. The van der Waals surface area contributed by atoms with Gasteiger partial charge in [0.15, 0.2) is 23.1 Å². The van der Waals surface area contributed by atoms with Gasteiger partial charge in [-0.15, -0.1) is 0 Å². The molecule has 0 bridgehead atoms. The molecule has 132 valence electrons. The van der Waals surface area contributed by atoms with Crippen molar-refractivity contribution in [2.75, 3.05) is 14.2 Å². The fraction of sp³-hybridized carbons (Fsp3) is 0.158. The van der Waals surface area contributed by atoms with E-state index in [9.17, 15) is 19.2 Å². The monoisotopic (exact) mass is 354 g/mol. The van der Waals surface area contributed by atoms with E-state index in [1.807, 2.05) is 0 Å². The van der Waals surface area contributed by atoms with Crippen molar-refractivity contribution in [2.24, 2.45) is 0 Å². The molecule has 0 heterocycles. The first-order chi connectivity index (χ1) is 12.4. The molecule has 0 saturated carbocycles. The highest BCUT2D eigenvalue weighted by atomic mass is 16.6. The second-order valence-electron chi connectivity index (χ2n) is 5.50. The van der Waals surface area contributed by atoms with Crippen LogP contribution < -0.4 is 9.47 Å². The summed E-state index contributed by atoms with van der Waals surface area (Å²) in [5.41, 5.74) is 0.108. The number of ether oxygens (including phenoxy) is 3. The van der Waals surface area contributed by atoms with Gasteiger partial charge in [0, 0.05) is 23.6 Å². The Labute approximate surface area is 148 Å². The van der Waals surface area contributed by atoms with E-state index in [0.717, 1.165) is 14.0 Å². The number of rotatable bonds is 3. The van der Waals surface area contributed by atoms with Crippen LogP contribution in [0.15, 0.2) is 30.3 Å². The summed E-state index contributed by atoms with van der Waals surface area (Å²) in [6.45, 7) is 1.14. The van der Waals surface area contributed by atoms with Gasteiger partial charge in [-0.05, 0) is 6.07 Å². The second-order valence-corrected chi connectivity index (χ2v) is 5.50. The first kappa shape index (κ1) is 17.3. The van der Waals surface area contributed by atoms with Crippen molar-refractivity contribution in [1.82, 2.24) is 0 Å². The van der Waals surface area contributed by atoms with Gasteiger partial charge in [-0.2, -0.15) is 0 Å². The Morgan fingerprint density at radius 2 is 1.50 bits per heavy atom. The lowest BCUT2D eigenvalue weighted by atomic mass is 9.82. The molecule has 0 radical (unpaired) electrons. The quantitative estimate of drug-likeness (QED) is 0.525. The summed E-state index contributed by atoms with van der Waals surface area (Å²) in [7, 11) is 2.42. The molecular weight excluding hydrogens is 340 g/mol. The van der Waals surface area contributed by atoms with Crippen molar-refractivity contribution in [3.8, 4) is 11.5 Å². The van der Waals surface area contributed by atoms with Gasteiger partial charge in [-0.25, -0.2) is 4.79 Å². The number of esters is 2. The topological polar surface area (TPSA) is 96.0 Å². The van der Waals surface area contributed by atoms with Crippen LogP contribution in [0.4, 0.5) is 0 Å². The van der Waals surface area contributed by atoms with E-state index >= 15 is 0 Å². The Morgan fingerprint density at radius 3 is 2.04 bits per heavy atom. The summed E-state index contributed by atoms with van der Waals surface area (Å²) in [4.78, 5) is 49.5. The molecule has 0 N–H and O–H groups in total. The number of hydrogen-bond donors (Lipinski definition) is 0. The zero-order valence-electron chi connectivity index (χ0n) is 14.2. The van der Waals surface area contributed by atoms with Gasteiger partial charge >= 0.3 is 11.9 Å². The highest BCUT2D eigenvalue weighted by Gasteiger charge is 2.37. The van der Waals surface area contributed by atoms with E-state index in [1.54, 1.807) is 12.1 Å². The van der Waals surface area contributed by atoms with Crippen LogP contribution >= 0.6 is 0 Å². The fourth-order valence-corrected chi connectivity index (χ4v) is 2.91. The molecule has 26 heavy (non-hydrogen) atoms. The summed E-state index contributed by atoms with van der Waals surface area (Å²) in [6, 6.07) is 7.51. The number of hydrogen-bond acceptors (Lipinski definition) is 7. The first-order valence-corrected chi connectivity index (χ1v) is 7.60. The highest BCUT2D eigenvalue weighted by molar-refractivity contribution is 6.30. The Balaban J connectivity index is 2.40. The van der Waals surface area contributed by atoms with E-state index in [-0.39, 0.29) is 39.3 Å². The van der Waals surface area contributed by atoms with Crippen LogP contribution in [0.3, 0.4) is 0 Å². The lowest BCUT2D eigenvalue weighted by Gasteiger charge is -2.22. The molecule has 3 rings (SSSR count). The van der Waals surface area contributed by atoms with Crippen LogP contribution in [0.1, 0.15) is 49.1 Å². The normalized spacial score (nSPS) is 12.1. The van der Waals surface area contributed by atoms with E-state index in [1.165, 1.54) is 25.3 Å². The van der Waals surface area contributed by atoms with Crippen LogP contribution in [0.2, 0.25) is 0 Å². The van der Waals surface area contributed by atoms with Gasteiger partial charge in [-0.1, -0.05) is 24.3 Å². The molecule has 7 nitrogen and oxygen atoms in total. The van der Waals surface area contributed by atoms with Crippen molar-refractivity contribution >= 4 is 23.5 Å². The number of fused-ring (bicyclic) bond motifs is 2. The molecule has 0 aliphatic heterocycles. The molecule has 0 unspecified atom stereocenters. The van der Waals surface area contributed by atoms with Gasteiger partial charge < -0.3 is 14.2 Å². The maximum atomic E-state index is 13.0. The zero-order valence-corrected chi connectivity index (χ0v) is 14.2. The minimum atomic E-state index is -0.794. The lowest BCUT2D eigenvalue weighted by molar-refractivity contribution is -0.132. The minimum absolute atomic E-state index is 0.0499. The van der Waals surface area contributed by atoms with Gasteiger partial charge in [0.25, 0.3) is 0 Å². The molecule has 0 atom stereocenters. The number of methoxy groups -OCH3 is 2. The molecule has 0 fully saturated rings. The predicted molar refractivity (Wildman–Crippen MR) is 88.9 cm³/mol. The molecule has 2 aromatic rings. The number of benzene rings is 2. The zero-order chi connectivity index (χ0) is 19.0. The first-order valence-electron chi connectivity index (χ1n) is 7.60. The van der Waals surface area contributed by atoms with Crippen molar-refractivity contribution in [2.45, 2.75) is 6.92 Å². The molecule has 0 amide bonds.